The van der Waals surface area contributed by atoms with Crippen molar-refractivity contribution < 1.29 is 9.84 Å². The Hall–Kier alpha value is -1.28. The molecule has 1 N–H and O–H groups in total. The van der Waals surface area contributed by atoms with Crippen LogP contribution in [-0.4, -0.2) is 18.3 Å². The van der Waals surface area contributed by atoms with Gasteiger partial charge >= 0.3 is 0 Å². The Morgan fingerprint density at radius 2 is 1.76 bits per heavy atom. The summed E-state index contributed by atoms with van der Waals surface area (Å²) in [5.41, 5.74) is 5.84. The largest absolute Gasteiger partial charge is 0.501 e. The second-order valence-electron chi connectivity index (χ2n) is 4.87. The number of methoxy groups -OCH3 is 1. The van der Waals surface area contributed by atoms with Gasteiger partial charge in [0.05, 0.1) is 13.2 Å². The topological polar surface area (TPSA) is 29.5 Å². The molecule has 2 nitrogen and oxygen atoms in total. The van der Waals surface area contributed by atoms with Crippen LogP contribution in [0.25, 0.3) is 5.57 Å². The van der Waals surface area contributed by atoms with E-state index in [4.69, 9.17) is 4.74 Å². The van der Waals surface area contributed by atoms with Crippen molar-refractivity contribution in [2.45, 2.75) is 39.7 Å². The summed E-state index contributed by atoms with van der Waals surface area (Å²) in [6, 6.07) is 4.32. The molecule has 17 heavy (non-hydrogen) atoms. The lowest BCUT2D eigenvalue weighted by Crippen LogP contribution is -2.07. The number of allylic oxidation sites excluding steroid dienone is 1. The van der Waals surface area contributed by atoms with E-state index in [2.05, 4.69) is 32.9 Å². The summed E-state index contributed by atoms with van der Waals surface area (Å²) in [7, 11) is 1.69. The lowest BCUT2D eigenvalue weighted by Gasteiger charge is -2.16. The van der Waals surface area contributed by atoms with Crippen molar-refractivity contribution in [1.82, 2.24) is 0 Å². The van der Waals surface area contributed by atoms with Crippen molar-refractivity contribution in [2.75, 3.05) is 7.11 Å². The standard InChI is InChI=1S/C15H20O2/c1-9-7-10(2)14(11(3)8-9)15-12(16)5-6-13(15)17-4/h7-8,12,16H,5-6H2,1-4H3. The third kappa shape index (κ3) is 2.09. The first kappa shape index (κ1) is 12.2. The van der Waals surface area contributed by atoms with Gasteiger partial charge in [-0.25, -0.2) is 0 Å². The maximum Gasteiger partial charge on any atom is 0.102 e. The highest BCUT2D eigenvalue weighted by Gasteiger charge is 2.27. The van der Waals surface area contributed by atoms with Crippen molar-refractivity contribution >= 4 is 5.57 Å². The molecule has 0 bridgehead atoms. The van der Waals surface area contributed by atoms with E-state index in [0.717, 1.165) is 29.7 Å². The lowest BCUT2D eigenvalue weighted by molar-refractivity contribution is 0.230. The molecule has 1 aromatic rings. The highest BCUT2D eigenvalue weighted by molar-refractivity contribution is 5.77. The van der Waals surface area contributed by atoms with Gasteiger partial charge in [-0.3, -0.25) is 0 Å². The van der Waals surface area contributed by atoms with Crippen LogP contribution in [0, 0.1) is 20.8 Å². The second-order valence-corrected chi connectivity index (χ2v) is 4.87. The molecule has 0 fully saturated rings. The van der Waals surface area contributed by atoms with Crippen LogP contribution in [0.2, 0.25) is 0 Å². The van der Waals surface area contributed by atoms with Gasteiger partial charge in [0.15, 0.2) is 0 Å². The van der Waals surface area contributed by atoms with Gasteiger partial charge in [-0.05, 0) is 43.9 Å². The molecule has 0 amide bonds. The Bertz CT molecular complexity index is 449. The maximum atomic E-state index is 10.1. The van der Waals surface area contributed by atoms with E-state index in [-0.39, 0.29) is 6.10 Å². The minimum atomic E-state index is -0.384. The molecule has 92 valence electrons. The number of rotatable bonds is 2. The fraction of sp³-hybridized carbons (Fsp3) is 0.467. The quantitative estimate of drug-likeness (QED) is 0.849. The van der Waals surface area contributed by atoms with Crippen LogP contribution in [0.15, 0.2) is 17.9 Å². The Labute approximate surface area is 103 Å². The maximum absolute atomic E-state index is 10.1. The minimum Gasteiger partial charge on any atom is -0.501 e. The van der Waals surface area contributed by atoms with Gasteiger partial charge in [-0.2, -0.15) is 0 Å². The van der Waals surface area contributed by atoms with Crippen LogP contribution in [0.1, 0.15) is 35.1 Å². The zero-order valence-electron chi connectivity index (χ0n) is 11.0. The summed E-state index contributed by atoms with van der Waals surface area (Å²) in [6.45, 7) is 6.29. The summed E-state index contributed by atoms with van der Waals surface area (Å²) in [5, 5.41) is 10.1. The molecule has 1 atom stereocenters. The van der Waals surface area contributed by atoms with Crippen LogP contribution < -0.4 is 0 Å². The van der Waals surface area contributed by atoms with E-state index in [1.54, 1.807) is 7.11 Å². The number of aliphatic hydroxyl groups is 1. The zero-order valence-corrected chi connectivity index (χ0v) is 11.0. The Morgan fingerprint density at radius 3 is 2.29 bits per heavy atom. The molecule has 1 unspecified atom stereocenters. The molecule has 0 spiro atoms. The predicted molar refractivity (Wildman–Crippen MR) is 69.8 cm³/mol. The zero-order chi connectivity index (χ0) is 12.6. The van der Waals surface area contributed by atoms with Gasteiger partial charge in [0.2, 0.25) is 0 Å². The molecule has 0 heterocycles. The van der Waals surface area contributed by atoms with Crippen LogP contribution in [0.5, 0.6) is 0 Å². The van der Waals surface area contributed by atoms with Gasteiger partial charge < -0.3 is 9.84 Å². The molecule has 1 aliphatic rings. The normalized spacial score (nSPS) is 19.9. The van der Waals surface area contributed by atoms with Crippen LogP contribution in [0.4, 0.5) is 0 Å². The van der Waals surface area contributed by atoms with Crippen LogP contribution >= 0.6 is 0 Å². The number of aliphatic hydroxyl groups excluding tert-OH is 1. The molecule has 2 heteroatoms. The second kappa shape index (κ2) is 4.53. The highest BCUT2D eigenvalue weighted by atomic mass is 16.5. The Kier molecular flexibility index (Phi) is 3.25. The predicted octanol–water partition coefficient (Wildman–Crippen LogP) is 3.12. The Morgan fingerprint density at radius 1 is 1.18 bits per heavy atom. The number of hydrogen-bond donors (Lipinski definition) is 1. The van der Waals surface area contributed by atoms with Gasteiger partial charge in [0.25, 0.3) is 0 Å². The summed E-state index contributed by atoms with van der Waals surface area (Å²) >= 11 is 0. The third-order valence-corrected chi connectivity index (χ3v) is 3.47. The summed E-state index contributed by atoms with van der Waals surface area (Å²) in [4.78, 5) is 0. The van der Waals surface area contributed by atoms with Crippen LogP contribution in [0.3, 0.4) is 0 Å². The van der Waals surface area contributed by atoms with Crippen molar-refractivity contribution in [3.05, 3.63) is 40.1 Å². The molecule has 0 radical (unpaired) electrons. The molecule has 1 aliphatic carbocycles. The molecule has 0 aliphatic heterocycles. The van der Waals surface area contributed by atoms with Crippen LogP contribution in [-0.2, 0) is 4.74 Å². The van der Waals surface area contributed by atoms with E-state index in [9.17, 15) is 5.11 Å². The molecule has 0 saturated carbocycles. The lowest BCUT2D eigenvalue weighted by atomic mass is 9.92. The fourth-order valence-corrected chi connectivity index (χ4v) is 2.86. The Balaban J connectivity index is 2.61. The van der Waals surface area contributed by atoms with Crippen molar-refractivity contribution in [3.63, 3.8) is 0 Å². The number of aryl methyl sites for hydroxylation is 3. The van der Waals surface area contributed by atoms with Gasteiger partial charge in [0.1, 0.15) is 5.76 Å². The summed E-state index contributed by atoms with van der Waals surface area (Å²) < 4.78 is 5.41. The number of benzene rings is 1. The first-order valence-corrected chi connectivity index (χ1v) is 6.08. The van der Waals surface area contributed by atoms with Gasteiger partial charge in [-0.15, -0.1) is 0 Å². The van der Waals surface area contributed by atoms with Crippen molar-refractivity contribution in [2.24, 2.45) is 0 Å². The highest BCUT2D eigenvalue weighted by Crippen LogP contribution is 2.37. The molecular weight excluding hydrogens is 212 g/mol. The monoisotopic (exact) mass is 232 g/mol. The SMILES string of the molecule is COC1=C(c2c(C)cc(C)cc2C)C(O)CC1. The smallest absolute Gasteiger partial charge is 0.102 e. The average molecular weight is 232 g/mol. The molecular formula is C15H20O2. The molecule has 0 saturated heterocycles. The fourth-order valence-electron chi connectivity index (χ4n) is 2.86. The minimum absolute atomic E-state index is 0.384. The number of ether oxygens (including phenoxy) is 1. The van der Waals surface area contributed by atoms with Gasteiger partial charge in [0, 0.05) is 12.0 Å². The molecule has 0 aromatic heterocycles. The van der Waals surface area contributed by atoms with E-state index in [0.29, 0.717) is 0 Å². The average Bonchev–Trinajstić information content (AvgIpc) is 2.59. The summed E-state index contributed by atoms with van der Waals surface area (Å²) in [5.74, 6) is 0.938. The van der Waals surface area contributed by atoms with E-state index in [1.807, 2.05) is 0 Å². The van der Waals surface area contributed by atoms with E-state index < -0.39 is 0 Å². The third-order valence-electron chi connectivity index (χ3n) is 3.47. The van der Waals surface area contributed by atoms with Gasteiger partial charge in [-0.1, -0.05) is 17.7 Å². The molecule has 2 rings (SSSR count). The van der Waals surface area contributed by atoms with E-state index in [1.165, 1.54) is 16.7 Å². The first-order valence-electron chi connectivity index (χ1n) is 6.08. The van der Waals surface area contributed by atoms with E-state index >= 15 is 0 Å². The molecule has 1 aromatic carbocycles. The number of hydrogen-bond acceptors (Lipinski definition) is 2. The first-order chi connectivity index (χ1) is 8.04. The van der Waals surface area contributed by atoms with Crippen molar-refractivity contribution in [3.8, 4) is 0 Å². The summed E-state index contributed by atoms with van der Waals surface area (Å²) in [6.07, 6.45) is 1.22. The van der Waals surface area contributed by atoms with Crippen molar-refractivity contribution in [1.29, 1.82) is 0 Å².